The van der Waals surface area contributed by atoms with Crippen molar-refractivity contribution in [1.29, 1.82) is 0 Å². The van der Waals surface area contributed by atoms with Crippen LogP contribution in [0.25, 0.3) is 0 Å². The van der Waals surface area contributed by atoms with Crippen LogP contribution in [-0.2, 0) is 39.8 Å². The summed E-state index contributed by atoms with van der Waals surface area (Å²) < 4.78 is 17.2. The van der Waals surface area contributed by atoms with Gasteiger partial charge in [-0.15, -0.1) is 11.3 Å². The van der Waals surface area contributed by atoms with Gasteiger partial charge in [0.25, 0.3) is 5.91 Å². The lowest BCUT2D eigenvalue weighted by molar-refractivity contribution is -0.150. The molecule has 1 fully saturated rings. The number of nitrogens with one attached hydrogen (secondary N) is 2. The summed E-state index contributed by atoms with van der Waals surface area (Å²) in [6.45, 7) is 19.3. The number of aromatic nitrogens is 1. The van der Waals surface area contributed by atoms with Crippen molar-refractivity contribution in [3.05, 3.63) is 45.9 Å². The maximum absolute atomic E-state index is 15.1. The second-order valence-corrected chi connectivity index (χ2v) is 20.0. The van der Waals surface area contributed by atoms with Crippen LogP contribution in [0.2, 0.25) is 0 Å². The lowest BCUT2D eigenvalue weighted by Gasteiger charge is -2.40. The van der Waals surface area contributed by atoms with Crippen molar-refractivity contribution < 1.29 is 43.3 Å². The Morgan fingerprint density at radius 3 is 2.31 bits per heavy atom. The number of hydrogen-bond donors (Lipinski definition) is 5. The van der Waals surface area contributed by atoms with Crippen molar-refractivity contribution in [2.24, 2.45) is 23.0 Å². The van der Waals surface area contributed by atoms with Gasteiger partial charge >= 0.3 is 11.9 Å². The first kappa shape index (κ1) is 57.2. The van der Waals surface area contributed by atoms with E-state index >= 15 is 4.79 Å². The number of nitrogen functional groups attached to an aromatic ring is 1. The molecule has 0 spiro atoms. The van der Waals surface area contributed by atoms with Crippen molar-refractivity contribution in [3.8, 4) is 0 Å². The molecular formula is C50H83N7O9S. The number of aliphatic carboxylic acids is 1. The number of carboxylic acid groups (broad SMARTS) is 1. The largest absolute Gasteiger partial charge is 0.481 e. The van der Waals surface area contributed by atoms with Gasteiger partial charge in [-0.1, -0.05) is 78.9 Å². The number of esters is 1. The molecule has 1 aromatic carbocycles. The summed E-state index contributed by atoms with van der Waals surface area (Å²) >= 11 is 1.19. The molecular weight excluding hydrogens is 875 g/mol. The Balaban J connectivity index is 1.87. The molecule has 1 aliphatic heterocycles. The Hall–Kier alpha value is -4.16. The maximum atomic E-state index is 15.1. The van der Waals surface area contributed by atoms with Gasteiger partial charge in [-0.05, 0) is 82.0 Å². The van der Waals surface area contributed by atoms with Crippen LogP contribution >= 0.6 is 11.3 Å². The first-order chi connectivity index (χ1) is 31.9. The summed E-state index contributed by atoms with van der Waals surface area (Å²) in [6, 6.07) is 5.52. The summed E-state index contributed by atoms with van der Waals surface area (Å²) in [5, 5.41) is 18.2. The number of carbonyl (C=O) groups excluding carboxylic acids is 4. The molecule has 67 heavy (non-hydrogen) atoms. The molecule has 378 valence electrons. The van der Waals surface area contributed by atoms with Crippen LogP contribution < -0.4 is 22.1 Å². The third-order valence-corrected chi connectivity index (χ3v) is 13.7. The summed E-state index contributed by atoms with van der Waals surface area (Å²) in [5.74, 6) is -2.56. The molecule has 0 bridgehead atoms. The Morgan fingerprint density at radius 1 is 0.985 bits per heavy atom. The number of nitrogens with zero attached hydrogens (tertiary/aromatic N) is 3. The number of rotatable bonds is 32. The quantitative estimate of drug-likeness (QED) is 0.0290. The fraction of sp³-hybridized carbons (Fsp3) is 0.720. The number of nitrogens with two attached hydrogens (primary N) is 2. The number of amides is 3. The second kappa shape index (κ2) is 29.7. The average Bonchev–Trinajstić information content (AvgIpc) is 3.78. The third kappa shape index (κ3) is 19.8. The fourth-order valence-electron chi connectivity index (χ4n) is 8.62. The number of thiazole rings is 1. The number of anilines is 1. The minimum absolute atomic E-state index is 0.0352. The van der Waals surface area contributed by atoms with Crippen LogP contribution in [0.3, 0.4) is 0 Å². The van der Waals surface area contributed by atoms with Gasteiger partial charge in [0.1, 0.15) is 16.7 Å². The molecule has 2 heterocycles. The van der Waals surface area contributed by atoms with Gasteiger partial charge < -0.3 is 46.3 Å². The van der Waals surface area contributed by atoms with E-state index in [2.05, 4.69) is 22.5 Å². The molecule has 6 atom stereocenters. The maximum Gasteiger partial charge on any atom is 0.309 e. The Kier molecular flexibility index (Phi) is 25.3. The molecule has 0 unspecified atom stereocenters. The highest BCUT2D eigenvalue weighted by atomic mass is 32.1. The molecule has 1 aliphatic rings. The molecule has 1 saturated heterocycles. The first-order valence-corrected chi connectivity index (χ1v) is 25.5. The lowest BCUT2D eigenvalue weighted by atomic mass is 9.84. The molecule has 17 heteroatoms. The number of unbranched alkanes of at least 4 members (excludes halogenated alkanes) is 3. The molecule has 0 radical (unpaired) electrons. The minimum Gasteiger partial charge on any atom is -0.481 e. The van der Waals surface area contributed by atoms with E-state index < -0.39 is 47.5 Å². The van der Waals surface area contributed by atoms with Gasteiger partial charge in [-0.25, -0.2) is 4.98 Å². The van der Waals surface area contributed by atoms with Crippen LogP contribution in [0.5, 0.6) is 0 Å². The average molecular weight is 958 g/mol. The standard InChI is InChI=1S/C50H83N7O9S/c1-9-11-12-14-23-57(48(61)45(35(5)10-2)55-44(59)30-40-16-13-15-22-56(40)24-26-65-28-27-64-25-21-51)42(34(3)4)31-43(66-36(6)58)47-54-41(33-67-47)46(60)53-39(32-50(7,8)49(62)63)29-37-17-19-38(52)20-18-37/h17-20,33-35,39-40,42-43,45H,9-16,21-32,51-52H2,1-8H3,(H,53,60)(H,55,59)(H,62,63)/t35-,39-,40+,42+,43+,45-/m0/s1. The molecule has 3 rings (SSSR count). The van der Waals surface area contributed by atoms with Crippen LogP contribution in [0.1, 0.15) is 153 Å². The van der Waals surface area contributed by atoms with Gasteiger partial charge in [0.05, 0.1) is 31.8 Å². The van der Waals surface area contributed by atoms with Gasteiger partial charge in [0.2, 0.25) is 11.8 Å². The highest BCUT2D eigenvalue weighted by Crippen LogP contribution is 2.33. The van der Waals surface area contributed by atoms with Gasteiger partial charge in [0, 0.05) is 68.6 Å². The number of piperidine rings is 1. The number of carboxylic acids is 1. The molecule has 2 aromatic rings. The minimum atomic E-state index is -1.13. The highest BCUT2D eigenvalue weighted by Gasteiger charge is 2.38. The summed E-state index contributed by atoms with van der Waals surface area (Å²) in [4.78, 5) is 76.7. The predicted octanol–water partition coefficient (Wildman–Crippen LogP) is 6.76. The fourth-order valence-corrected chi connectivity index (χ4v) is 9.46. The highest BCUT2D eigenvalue weighted by molar-refractivity contribution is 7.09. The van der Waals surface area contributed by atoms with Crippen LogP contribution in [0, 0.1) is 17.3 Å². The van der Waals surface area contributed by atoms with Crippen molar-refractivity contribution in [2.45, 2.75) is 163 Å². The predicted molar refractivity (Wildman–Crippen MR) is 263 cm³/mol. The van der Waals surface area contributed by atoms with Crippen LogP contribution in [0.4, 0.5) is 5.69 Å². The molecule has 0 saturated carbocycles. The number of carbonyl (C=O) groups is 5. The zero-order chi connectivity index (χ0) is 49.5. The van der Waals surface area contributed by atoms with Crippen molar-refractivity contribution in [1.82, 2.24) is 25.4 Å². The number of ether oxygens (including phenoxy) is 3. The van der Waals surface area contributed by atoms with Crippen molar-refractivity contribution >= 4 is 46.7 Å². The van der Waals surface area contributed by atoms with Gasteiger partial charge in [0.15, 0.2) is 6.10 Å². The summed E-state index contributed by atoms with van der Waals surface area (Å²) in [5.41, 5.74) is 11.9. The zero-order valence-electron chi connectivity index (χ0n) is 41.7. The topological polar surface area (TPSA) is 229 Å². The molecule has 0 aliphatic carbocycles. The van der Waals surface area contributed by atoms with Crippen molar-refractivity contribution in [3.63, 3.8) is 0 Å². The zero-order valence-corrected chi connectivity index (χ0v) is 42.5. The number of hydrogen-bond acceptors (Lipinski definition) is 13. The van der Waals surface area contributed by atoms with E-state index in [-0.39, 0.29) is 54.6 Å². The number of benzene rings is 1. The molecule has 16 nitrogen and oxygen atoms in total. The summed E-state index contributed by atoms with van der Waals surface area (Å²) in [7, 11) is 0. The molecule has 7 N–H and O–H groups in total. The van der Waals surface area contributed by atoms with Gasteiger partial charge in [-0.3, -0.25) is 28.9 Å². The van der Waals surface area contributed by atoms with E-state index in [0.717, 1.165) is 57.1 Å². The number of likely N-dealkylation sites (tertiary alicyclic amines) is 1. The van der Waals surface area contributed by atoms with E-state index in [1.54, 1.807) is 31.4 Å². The normalized spacial score (nSPS) is 16.7. The SMILES string of the molecule is CCCCCCN(C(=O)[C@@H](NC(=O)C[C@H]1CCCCN1CCOCCOCCN)[C@@H](C)CC)[C@H](C[C@@H](OC(C)=O)c1nc(C(=O)N[C@@H](Cc2ccc(N)cc2)CC(C)(C)C(=O)O)cs1)C(C)C. The lowest BCUT2D eigenvalue weighted by Crippen LogP contribution is -2.56. The third-order valence-electron chi connectivity index (χ3n) is 12.8. The second-order valence-electron chi connectivity index (χ2n) is 19.2. The van der Waals surface area contributed by atoms with E-state index in [4.69, 9.17) is 30.7 Å². The van der Waals surface area contributed by atoms with Crippen molar-refractivity contribution in [2.75, 3.05) is 58.3 Å². The monoisotopic (exact) mass is 958 g/mol. The molecule has 1 aromatic heterocycles. The van der Waals surface area contributed by atoms with E-state index in [0.29, 0.717) is 69.6 Å². The molecule has 3 amide bonds. The smallest absolute Gasteiger partial charge is 0.309 e. The Bertz CT molecular complexity index is 1810. The van der Waals surface area contributed by atoms with E-state index in [1.807, 2.05) is 44.7 Å². The summed E-state index contributed by atoms with van der Waals surface area (Å²) in [6.07, 6.45) is 7.51. The first-order valence-electron chi connectivity index (χ1n) is 24.6. The van der Waals surface area contributed by atoms with E-state index in [9.17, 15) is 24.3 Å². The Morgan fingerprint density at radius 2 is 1.69 bits per heavy atom. The van der Waals surface area contributed by atoms with Crippen LogP contribution in [-0.4, -0.2) is 126 Å². The van der Waals surface area contributed by atoms with Crippen LogP contribution in [0.15, 0.2) is 29.6 Å². The Labute approximate surface area is 404 Å². The van der Waals surface area contributed by atoms with E-state index in [1.165, 1.54) is 18.3 Å². The van der Waals surface area contributed by atoms with Gasteiger partial charge in [-0.2, -0.15) is 0 Å².